The van der Waals surface area contributed by atoms with Crippen LogP contribution >= 0.6 is 12.4 Å². The number of ether oxygens (including phenoxy) is 1. The van der Waals surface area contributed by atoms with E-state index in [0.717, 1.165) is 38.1 Å². The molecule has 4 rings (SSSR count). The summed E-state index contributed by atoms with van der Waals surface area (Å²) in [5.41, 5.74) is 2.75. The maximum atomic E-state index is 6.09. The smallest absolute Gasteiger partial charge is 0.122 e. The first-order valence-electron chi connectivity index (χ1n) is 8.82. The minimum atomic E-state index is 0. The van der Waals surface area contributed by atoms with Gasteiger partial charge in [-0.25, -0.2) is 0 Å². The van der Waals surface area contributed by atoms with Crippen LogP contribution < -0.4 is 10.1 Å². The van der Waals surface area contributed by atoms with E-state index in [2.05, 4.69) is 72.0 Å². The van der Waals surface area contributed by atoms with Gasteiger partial charge in [-0.15, -0.1) is 12.4 Å². The highest BCUT2D eigenvalue weighted by Crippen LogP contribution is 2.26. The van der Waals surface area contributed by atoms with Crippen LogP contribution in [0, 0.1) is 0 Å². The first-order valence-corrected chi connectivity index (χ1v) is 8.82. The van der Waals surface area contributed by atoms with Gasteiger partial charge in [0.1, 0.15) is 11.9 Å². The molecule has 1 heterocycles. The minimum Gasteiger partial charge on any atom is -0.489 e. The number of hydrogen-bond donors (Lipinski definition) is 1. The van der Waals surface area contributed by atoms with Crippen LogP contribution in [0.4, 0.5) is 0 Å². The van der Waals surface area contributed by atoms with Crippen molar-refractivity contribution >= 4 is 23.2 Å². The number of para-hydroxylation sites is 1. The van der Waals surface area contributed by atoms with Gasteiger partial charge >= 0.3 is 0 Å². The van der Waals surface area contributed by atoms with Gasteiger partial charge in [0.2, 0.25) is 0 Å². The standard InChI is InChI=1S/C22H23NO.ClH/c1-3-10-21-17(6-1)8-5-9-18(21)14-15-23-16-20-13-12-19-7-2-4-11-22(19)24-20;/h1-11,20,23H,12-16H2;1H/t20-;/m1./s1. The van der Waals surface area contributed by atoms with Crippen molar-refractivity contribution in [1.82, 2.24) is 5.32 Å². The normalized spacial score (nSPS) is 15.9. The van der Waals surface area contributed by atoms with E-state index in [1.165, 1.54) is 21.9 Å². The molecule has 130 valence electrons. The van der Waals surface area contributed by atoms with E-state index >= 15 is 0 Å². The molecule has 0 fully saturated rings. The first-order chi connectivity index (χ1) is 11.9. The fraction of sp³-hybridized carbons (Fsp3) is 0.273. The van der Waals surface area contributed by atoms with Crippen molar-refractivity contribution in [3.8, 4) is 5.75 Å². The van der Waals surface area contributed by atoms with Gasteiger partial charge in [0.05, 0.1) is 0 Å². The summed E-state index contributed by atoms with van der Waals surface area (Å²) in [5, 5.41) is 6.26. The molecule has 0 amide bonds. The maximum Gasteiger partial charge on any atom is 0.122 e. The number of fused-ring (bicyclic) bond motifs is 2. The number of halogens is 1. The van der Waals surface area contributed by atoms with Crippen LogP contribution in [0.5, 0.6) is 5.75 Å². The van der Waals surface area contributed by atoms with Crippen molar-refractivity contribution < 1.29 is 4.74 Å². The molecule has 1 aliphatic heterocycles. The zero-order valence-corrected chi connectivity index (χ0v) is 15.1. The average Bonchev–Trinajstić information content (AvgIpc) is 2.65. The zero-order valence-electron chi connectivity index (χ0n) is 14.3. The van der Waals surface area contributed by atoms with E-state index in [0.29, 0.717) is 0 Å². The molecule has 1 N–H and O–H groups in total. The second-order valence-electron chi connectivity index (χ2n) is 6.48. The number of aryl methyl sites for hydroxylation is 1. The molecule has 0 unspecified atom stereocenters. The van der Waals surface area contributed by atoms with E-state index in [9.17, 15) is 0 Å². The molecule has 3 heteroatoms. The third-order valence-electron chi connectivity index (χ3n) is 4.82. The van der Waals surface area contributed by atoms with Gasteiger partial charge in [0, 0.05) is 6.54 Å². The molecule has 0 aliphatic carbocycles. The maximum absolute atomic E-state index is 6.09. The molecule has 1 atom stereocenters. The van der Waals surface area contributed by atoms with Crippen LogP contribution in [-0.4, -0.2) is 19.2 Å². The van der Waals surface area contributed by atoms with Crippen LogP contribution in [0.15, 0.2) is 66.7 Å². The SMILES string of the molecule is Cl.c1ccc2c(c1)CC[C@H](CNCCc1cccc3ccccc13)O2. The second-order valence-corrected chi connectivity index (χ2v) is 6.48. The molecule has 0 saturated heterocycles. The predicted molar refractivity (Wildman–Crippen MR) is 107 cm³/mol. The van der Waals surface area contributed by atoms with E-state index in [4.69, 9.17) is 4.74 Å². The minimum absolute atomic E-state index is 0. The molecule has 0 saturated carbocycles. The Morgan fingerprint density at radius 3 is 2.68 bits per heavy atom. The van der Waals surface area contributed by atoms with Gasteiger partial charge in [0.25, 0.3) is 0 Å². The van der Waals surface area contributed by atoms with Crippen LogP contribution in [-0.2, 0) is 12.8 Å². The van der Waals surface area contributed by atoms with Crippen LogP contribution in [0.2, 0.25) is 0 Å². The molecule has 0 radical (unpaired) electrons. The third kappa shape index (κ3) is 4.15. The summed E-state index contributed by atoms with van der Waals surface area (Å²) in [6.07, 6.45) is 3.54. The number of hydrogen-bond acceptors (Lipinski definition) is 2. The average molecular weight is 354 g/mol. The summed E-state index contributed by atoms with van der Waals surface area (Å²) in [4.78, 5) is 0. The van der Waals surface area contributed by atoms with Crippen molar-refractivity contribution in [1.29, 1.82) is 0 Å². The molecule has 3 aromatic rings. The van der Waals surface area contributed by atoms with Crippen molar-refractivity contribution in [2.24, 2.45) is 0 Å². The summed E-state index contributed by atoms with van der Waals surface area (Å²) >= 11 is 0. The molecular formula is C22H24ClNO. The second kappa shape index (κ2) is 8.37. The van der Waals surface area contributed by atoms with Gasteiger partial charge < -0.3 is 10.1 Å². The Kier molecular flexibility index (Phi) is 5.95. The molecule has 2 nitrogen and oxygen atoms in total. The number of nitrogens with one attached hydrogen (secondary N) is 1. The van der Waals surface area contributed by atoms with Gasteiger partial charge in [-0.2, -0.15) is 0 Å². The Morgan fingerprint density at radius 2 is 1.72 bits per heavy atom. The Hall–Kier alpha value is -2.03. The predicted octanol–water partition coefficient (Wildman–Crippen LogP) is 4.79. The third-order valence-corrected chi connectivity index (χ3v) is 4.82. The summed E-state index contributed by atoms with van der Waals surface area (Å²) in [6.45, 7) is 1.90. The van der Waals surface area contributed by atoms with E-state index < -0.39 is 0 Å². The Morgan fingerprint density at radius 1 is 0.920 bits per heavy atom. The van der Waals surface area contributed by atoms with Crippen molar-refractivity contribution in [2.75, 3.05) is 13.1 Å². The van der Waals surface area contributed by atoms with E-state index in [1.54, 1.807) is 0 Å². The van der Waals surface area contributed by atoms with E-state index in [1.807, 2.05) is 0 Å². The zero-order chi connectivity index (χ0) is 16.2. The molecule has 25 heavy (non-hydrogen) atoms. The van der Waals surface area contributed by atoms with Gasteiger partial charge in [-0.05, 0) is 53.8 Å². The lowest BCUT2D eigenvalue weighted by Crippen LogP contribution is -2.35. The van der Waals surface area contributed by atoms with Crippen molar-refractivity contribution in [3.63, 3.8) is 0 Å². The fourth-order valence-electron chi connectivity index (χ4n) is 3.52. The number of rotatable bonds is 5. The van der Waals surface area contributed by atoms with Crippen LogP contribution in [0.1, 0.15) is 17.5 Å². The Balaban J connectivity index is 0.00000182. The van der Waals surface area contributed by atoms with E-state index in [-0.39, 0.29) is 18.5 Å². The molecule has 0 bridgehead atoms. The summed E-state index contributed by atoms with van der Waals surface area (Å²) in [7, 11) is 0. The lowest BCUT2D eigenvalue weighted by atomic mass is 10.0. The van der Waals surface area contributed by atoms with Crippen molar-refractivity contribution in [2.45, 2.75) is 25.4 Å². The summed E-state index contributed by atoms with van der Waals surface area (Å²) in [5.74, 6) is 1.06. The molecular weight excluding hydrogens is 330 g/mol. The Bertz CT molecular complexity index is 828. The van der Waals surface area contributed by atoms with Gasteiger partial charge in [-0.3, -0.25) is 0 Å². The molecule has 0 spiro atoms. The highest BCUT2D eigenvalue weighted by atomic mass is 35.5. The van der Waals surface area contributed by atoms with Gasteiger partial charge in [0.15, 0.2) is 0 Å². The molecule has 1 aliphatic rings. The summed E-state index contributed by atoms with van der Waals surface area (Å²) < 4.78 is 6.09. The largest absolute Gasteiger partial charge is 0.489 e. The topological polar surface area (TPSA) is 21.3 Å². The van der Waals surface area contributed by atoms with Crippen LogP contribution in [0.3, 0.4) is 0 Å². The quantitative estimate of drug-likeness (QED) is 0.666. The monoisotopic (exact) mass is 353 g/mol. The fourth-order valence-corrected chi connectivity index (χ4v) is 3.52. The first kappa shape index (κ1) is 17.8. The summed E-state index contributed by atoms with van der Waals surface area (Å²) in [6, 6.07) is 23.6. The molecule has 0 aromatic heterocycles. The Labute approximate surface area is 155 Å². The molecule has 3 aromatic carbocycles. The highest BCUT2D eigenvalue weighted by Gasteiger charge is 2.18. The highest BCUT2D eigenvalue weighted by molar-refractivity contribution is 5.86. The van der Waals surface area contributed by atoms with Gasteiger partial charge in [-0.1, -0.05) is 60.7 Å². The lowest BCUT2D eigenvalue weighted by Gasteiger charge is -2.26. The van der Waals surface area contributed by atoms with Crippen molar-refractivity contribution in [3.05, 3.63) is 77.9 Å². The lowest BCUT2D eigenvalue weighted by molar-refractivity contribution is 0.171. The van der Waals surface area contributed by atoms with Crippen LogP contribution in [0.25, 0.3) is 10.8 Å². The number of benzene rings is 3.